The lowest BCUT2D eigenvalue weighted by atomic mass is 10.1. The molecule has 1 fully saturated rings. The third kappa shape index (κ3) is 2.79. The van der Waals surface area contributed by atoms with Crippen molar-refractivity contribution in [2.24, 2.45) is 0 Å². The maximum absolute atomic E-state index is 11.8. The highest BCUT2D eigenvalue weighted by Crippen LogP contribution is 2.18. The van der Waals surface area contributed by atoms with Crippen molar-refractivity contribution < 1.29 is 4.79 Å². The second-order valence-corrected chi connectivity index (χ2v) is 4.85. The van der Waals surface area contributed by atoms with E-state index in [-0.39, 0.29) is 6.03 Å². The number of hydrogen-bond acceptors (Lipinski definition) is 4. The van der Waals surface area contributed by atoms with Crippen LogP contribution in [-0.2, 0) is 0 Å². The number of imidazole rings is 1. The molecule has 0 aliphatic carbocycles. The molecule has 0 bridgehead atoms. The Balaban J connectivity index is 1.65. The van der Waals surface area contributed by atoms with Gasteiger partial charge < -0.3 is 10.2 Å². The van der Waals surface area contributed by atoms with Crippen LogP contribution in [0.4, 0.5) is 16.3 Å². The van der Waals surface area contributed by atoms with Crippen LogP contribution in [0, 0.1) is 0 Å². The number of rotatable bonds is 2. The van der Waals surface area contributed by atoms with Gasteiger partial charge in [0.15, 0.2) is 0 Å². The zero-order valence-corrected chi connectivity index (χ0v) is 11.2. The van der Waals surface area contributed by atoms with Crippen molar-refractivity contribution in [3.8, 4) is 0 Å². The molecule has 20 heavy (non-hydrogen) atoms. The molecule has 6 heteroatoms. The molecular weight excluding hydrogens is 254 g/mol. The number of carbonyl (C=O) groups is 1. The molecular formula is C14H17N5O. The summed E-state index contributed by atoms with van der Waals surface area (Å²) in [6.07, 6.45) is 10.1. The van der Waals surface area contributed by atoms with Crippen molar-refractivity contribution >= 4 is 17.5 Å². The molecule has 1 N–H and O–H groups in total. The summed E-state index contributed by atoms with van der Waals surface area (Å²) in [7, 11) is 0. The number of pyridine rings is 1. The molecule has 0 aromatic carbocycles. The molecule has 6 nitrogen and oxygen atoms in total. The summed E-state index contributed by atoms with van der Waals surface area (Å²) in [5.74, 6) is 0.977. The molecule has 3 heterocycles. The first-order valence-corrected chi connectivity index (χ1v) is 6.83. The quantitative estimate of drug-likeness (QED) is 0.910. The lowest BCUT2D eigenvalue weighted by Gasteiger charge is -2.27. The number of hydrogen-bond donors (Lipinski definition) is 1. The molecule has 0 spiro atoms. The van der Waals surface area contributed by atoms with E-state index in [2.05, 4.69) is 20.2 Å². The van der Waals surface area contributed by atoms with Crippen LogP contribution in [0.3, 0.4) is 0 Å². The van der Waals surface area contributed by atoms with Gasteiger partial charge in [0.2, 0.25) is 0 Å². The van der Waals surface area contributed by atoms with Gasteiger partial charge in [0.1, 0.15) is 12.1 Å². The maximum atomic E-state index is 11.8. The van der Waals surface area contributed by atoms with E-state index >= 15 is 0 Å². The Labute approximate surface area is 117 Å². The smallest absolute Gasteiger partial charge is 0.331 e. The van der Waals surface area contributed by atoms with Crippen molar-refractivity contribution in [2.45, 2.75) is 19.3 Å². The van der Waals surface area contributed by atoms with E-state index in [1.807, 2.05) is 12.1 Å². The van der Waals surface area contributed by atoms with Gasteiger partial charge >= 0.3 is 6.03 Å². The van der Waals surface area contributed by atoms with Gasteiger partial charge in [-0.25, -0.2) is 14.8 Å². The second-order valence-electron chi connectivity index (χ2n) is 4.85. The fourth-order valence-electron chi connectivity index (χ4n) is 2.34. The van der Waals surface area contributed by atoms with E-state index < -0.39 is 0 Å². The van der Waals surface area contributed by atoms with Crippen LogP contribution in [0.1, 0.15) is 19.3 Å². The van der Waals surface area contributed by atoms with Gasteiger partial charge in [-0.15, -0.1) is 0 Å². The topological polar surface area (TPSA) is 63.1 Å². The second kappa shape index (κ2) is 5.73. The lowest BCUT2D eigenvalue weighted by molar-refractivity contribution is 0.253. The highest BCUT2D eigenvalue weighted by Gasteiger charge is 2.12. The van der Waals surface area contributed by atoms with Crippen molar-refractivity contribution in [3.05, 3.63) is 37.1 Å². The zero-order valence-electron chi connectivity index (χ0n) is 11.2. The largest absolute Gasteiger partial charge is 0.357 e. The highest BCUT2D eigenvalue weighted by molar-refractivity contribution is 5.90. The predicted molar refractivity (Wildman–Crippen MR) is 76.9 cm³/mol. The van der Waals surface area contributed by atoms with Crippen molar-refractivity contribution in [1.29, 1.82) is 0 Å². The average Bonchev–Trinajstić information content (AvgIpc) is 3.03. The monoisotopic (exact) mass is 271 g/mol. The molecule has 2 aromatic heterocycles. The Hall–Kier alpha value is -2.37. The van der Waals surface area contributed by atoms with Crippen LogP contribution in [0.5, 0.6) is 0 Å². The molecule has 0 radical (unpaired) electrons. The molecule has 3 rings (SSSR count). The molecule has 1 aliphatic heterocycles. The predicted octanol–water partition coefficient (Wildman–Crippen LogP) is 2.35. The molecule has 0 atom stereocenters. The van der Waals surface area contributed by atoms with Crippen LogP contribution in [0.25, 0.3) is 0 Å². The first kappa shape index (κ1) is 12.7. The zero-order chi connectivity index (χ0) is 13.8. The van der Waals surface area contributed by atoms with Crippen LogP contribution >= 0.6 is 0 Å². The first-order valence-electron chi connectivity index (χ1n) is 6.83. The number of amides is 1. The third-order valence-electron chi connectivity index (χ3n) is 3.42. The SMILES string of the molecule is O=C(Nc1ccc(N2CCCCC2)nc1)n1ccnc1. The summed E-state index contributed by atoms with van der Waals surface area (Å²) in [6, 6.07) is 3.59. The summed E-state index contributed by atoms with van der Waals surface area (Å²) in [5, 5.41) is 2.78. The Kier molecular flexibility index (Phi) is 3.62. The minimum Gasteiger partial charge on any atom is -0.357 e. The van der Waals surface area contributed by atoms with Crippen LogP contribution in [0.2, 0.25) is 0 Å². The molecule has 0 unspecified atom stereocenters. The number of nitrogens with zero attached hydrogens (tertiary/aromatic N) is 4. The van der Waals surface area contributed by atoms with Gasteiger partial charge in [0.25, 0.3) is 0 Å². The summed E-state index contributed by atoms with van der Waals surface area (Å²) >= 11 is 0. The maximum Gasteiger partial charge on any atom is 0.331 e. The van der Waals surface area contributed by atoms with Crippen LogP contribution in [-0.4, -0.2) is 33.7 Å². The van der Waals surface area contributed by atoms with Crippen molar-refractivity contribution in [2.75, 3.05) is 23.3 Å². The van der Waals surface area contributed by atoms with Gasteiger partial charge in [0.05, 0.1) is 11.9 Å². The number of aromatic nitrogens is 3. The number of piperidine rings is 1. The summed E-state index contributed by atoms with van der Waals surface area (Å²) in [6.45, 7) is 2.13. The van der Waals surface area contributed by atoms with E-state index in [1.165, 1.54) is 30.2 Å². The Bertz CT molecular complexity index is 558. The molecule has 104 valence electrons. The standard InChI is InChI=1S/C14H17N5O/c20-14(19-9-6-15-11-19)17-12-4-5-13(16-10-12)18-7-2-1-3-8-18/h4-6,9-11H,1-3,7-8H2,(H,17,20). The highest BCUT2D eigenvalue weighted by atomic mass is 16.2. The fraction of sp³-hybridized carbons (Fsp3) is 0.357. The van der Waals surface area contributed by atoms with Crippen LogP contribution in [0.15, 0.2) is 37.1 Å². The van der Waals surface area contributed by atoms with E-state index in [4.69, 9.17) is 0 Å². The number of anilines is 2. The molecule has 2 aromatic rings. The fourth-order valence-corrected chi connectivity index (χ4v) is 2.34. The molecule has 1 saturated heterocycles. The average molecular weight is 271 g/mol. The third-order valence-corrected chi connectivity index (χ3v) is 3.42. The Morgan fingerprint density at radius 3 is 2.70 bits per heavy atom. The normalized spacial score (nSPS) is 15.1. The van der Waals surface area contributed by atoms with Gasteiger partial charge in [-0.1, -0.05) is 0 Å². The van der Waals surface area contributed by atoms with E-state index in [0.717, 1.165) is 18.9 Å². The van der Waals surface area contributed by atoms with Gasteiger partial charge in [-0.05, 0) is 31.4 Å². The first-order chi connectivity index (χ1) is 9.83. The molecule has 1 aliphatic rings. The summed E-state index contributed by atoms with van der Waals surface area (Å²) in [5.41, 5.74) is 0.685. The van der Waals surface area contributed by atoms with Gasteiger partial charge in [0, 0.05) is 25.5 Å². The Morgan fingerprint density at radius 1 is 1.20 bits per heavy atom. The van der Waals surface area contributed by atoms with Gasteiger partial charge in [-0.3, -0.25) is 4.57 Å². The number of nitrogens with one attached hydrogen (secondary N) is 1. The minimum atomic E-state index is -0.241. The van der Waals surface area contributed by atoms with Crippen molar-refractivity contribution in [3.63, 3.8) is 0 Å². The van der Waals surface area contributed by atoms with Crippen molar-refractivity contribution in [1.82, 2.24) is 14.5 Å². The summed E-state index contributed by atoms with van der Waals surface area (Å²) in [4.78, 5) is 22.4. The lowest BCUT2D eigenvalue weighted by Crippen LogP contribution is -2.30. The number of carbonyl (C=O) groups excluding carboxylic acids is 1. The summed E-state index contributed by atoms with van der Waals surface area (Å²) < 4.78 is 1.39. The van der Waals surface area contributed by atoms with Gasteiger partial charge in [-0.2, -0.15) is 0 Å². The van der Waals surface area contributed by atoms with E-state index in [1.54, 1.807) is 18.6 Å². The molecule has 1 amide bonds. The van der Waals surface area contributed by atoms with E-state index in [0.29, 0.717) is 5.69 Å². The van der Waals surface area contributed by atoms with Crippen LogP contribution < -0.4 is 10.2 Å². The molecule has 0 saturated carbocycles. The Morgan fingerprint density at radius 2 is 2.05 bits per heavy atom. The minimum absolute atomic E-state index is 0.241. The van der Waals surface area contributed by atoms with E-state index in [9.17, 15) is 4.79 Å².